The highest BCUT2D eigenvalue weighted by molar-refractivity contribution is 6.32. The molecule has 22 heavy (non-hydrogen) atoms. The molecule has 0 fully saturated rings. The molecule has 0 saturated heterocycles. The van der Waals surface area contributed by atoms with E-state index in [0.29, 0.717) is 29.7 Å². The summed E-state index contributed by atoms with van der Waals surface area (Å²) in [6.07, 6.45) is 6.46. The average Bonchev–Trinajstić information content (AvgIpc) is 2.51. The van der Waals surface area contributed by atoms with Crippen LogP contribution in [0.5, 0.6) is 11.5 Å². The number of hydrogen-bond donors (Lipinski definition) is 1. The van der Waals surface area contributed by atoms with Gasteiger partial charge in [0.25, 0.3) is 0 Å². The second-order valence-electron chi connectivity index (χ2n) is 4.80. The van der Waals surface area contributed by atoms with E-state index in [4.69, 9.17) is 21.1 Å². The maximum absolute atomic E-state index is 11.7. The van der Waals surface area contributed by atoms with Crippen molar-refractivity contribution in [3.63, 3.8) is 0 Å². The lowest BCUT2D eigenvalue weighted by atomic mass is 10.2. The molecule has 4 nitrogen and oxygen atoms in total. The second-order valence-corrected chi connectivity index (χ2v) is 5.21. The second kappa shape index (κ2) is 10.1. The van der Waals surface area contributed by atoms with Gasteiger partial charge >= 0.3 is 0 Å². The van der Waals surface area contributed by atoms with E-state index in [-0.39, 0.29) is 5.91 Å². The molecule has 0 aliphatic carbocycles. The molecule has 0 bridgehead atoms. The summed E-state index contributed by atoms with van der Waals surface area (Å²) >= 11 is 6.19. The minimum atomic E-state index is -0.111. The van der Waals surface area contributed by atoms with E-state index in [9.17, 15) is 4.79 Å². The maximum Gasteiger partial charge on any atom is 0.243 e. The molecule has 0 aliphatic heterocycles. The summed E-state index contributed by atoms with van der Waals surface area (Å²) in [4.78, 5) is 11.7. The molecule has 122 valence electrons. The molecule has 1 aromatic carbocycles. The van der Waals surface area contributed by atoms with E-state index < -0.39 is 0 Å². The van der Waals surface area contributed by atoms with Gasteiger partial charge in [0, 0.05) is 12.6 Å². The van der Waals surface area contributed by atoms with Crippen molar-refractivity contribution >= 4 is 23.6 Å². The Labute approximate surface area is 137 Å². The predicted molar refractivity (Wildman–Crippen MR) is 90.7 cm³/mol. The minimum absolute atomic E-state index is 0.111. The highest BCUT2D eigenvalue weighted by atomic mass is 35.5. The summed E-state index contributed by atoms with van der Waals surface area (Å²) in [5, 5.41) is 3.31. The zero-order valence-corrected chi connectivity index (χ0v) is 14.2. The molecule has 1 rings (SSSR count). The number of hydrogen-bond acceptors (Lipinski definition) is 3. The third-order valence-corrected chi connectivity index (χ3v) is 3.33. The number of halogens is 1. The normalized spacial score (nSPS) is 10.7. The van der Waals surface area contributed by atoms with Gasteiger partial charge in [-0.25, -0.2) is 0 Å². The first-order chi connectivity index (χ1) is 10.6. The topological polar surface area (TPSA) is 47.6 Å². The molecule has 1 aromatic rings. The van der Waals surface area contributed by atoms with Crippen LogP contribution in [0.1, 0.15) is 38.7 Å². The molecule has 0 spiro atoms. The molecule has 1 amide bonds. The fraction of sp³-hybridized carbons (Fsp3) is 0.471. The van der Waals surface area contributed by atoms with Gasteiger partial charge in [0.1, 0.15) is 0 Å². The van der Waals surface area contributed by atoms with Gasteiger partial charge < -0.3 is 14.8 Å². The Hall–Kier alpha value is -1.68. The van der Waals surface area contributed by atoms with Crippen LogP contribution >= 0.6 is 11.6 Å². The fourth-order valence-electron chi connectivity index (χ4n) is 1.94. The predicted octanol–water partition coefficient (Wildman–Crippen LogP) is 4.07. The average molecular weight is 326 g/mol. The van der Waals surface area contributed by atoms with Crippen molar-refractivity contribution in [3.8, 4) is 11.5 Å². The van der Waals surface area contributed by atoms with Crippen LogP contribution in [0.2, 0.25) is 5.02 Å². The van der Waals surface area contributed by atoms with E-state index in [0.717, 1.165) is 24.8 Å². The zero-order chi connectivity index (χ0) is 16.4. The minimum Gasteiger partial charge on any atom is -0.493 e. The molecule has 0 aromatic heterocycles. The number of unbranched alkanes of at least 4 members (excludes halogenated alkanes) is 2. The van der Waals surface area contributed by atoms with Crippen molar-refractivity contribution < 1.29 is 14.3 Å². The van der Waals surface area contributed by atoms with Crippen LogP contribution in [0.15, 0.2) is 18.2 Å². The third-order valence-electron chi connectivity index (χ3n) is 3.05. The van der Waals surface area contributed by atoms with Gasteiger partial charge in [0.15, 0.2) is 11.5 Å². The van der Waals surface area contributed by atoms with E-state index in [1.54, 1.807) is 25.3 Å². The Bertz CT molecular complexity index is 515. The van der Waals surface area contributed by atoms with E-state index in [1.807, 2.05) is 6.92 Å². The van der Waals surface area contributed by atoms with Gasteiger partial charge in [-0.05, 0) is 37.1 Å². The largest absolute Gasteiger partial charge is 0.493 e. The summed E-state index contributed by atoms with van der Waals surface area (Å²) in [7, 11) is 1.56. The number of ether oxygens (including phenoxy) is 2. The molecule has 5 heteroatoms. The quantitative estimate of drug-likeness (QED) is 0.550. The first-order valence-corrected chi connectivity index (χ1v) is 7.96. The summed E-state index contributed by atoms with van der Waals surface area (Å²) in [5.74, 6) is 0.963. The van der Waals surface area contributed by atoms with Crippen LogP contribution in [-0.4, -0.2) is 26.2 Å². The van der Waals surface area contributed by atoms with Crippen molar-refractivity contribution in [2.45, 2.75) is 33.1 Å². The Morgan fingerprint density at radius 1 is 1.32 bits per heavy atom. The van der Waals surface area contributed by atoms with Crippen molar-refractivity contribution in [1.82, 2.24) is 5.32 Å². The molecule has 0 heterocycles. The molecular formula is C17H24ClNO3. The van der Waals surface area contributed by atoms with Crippen LogP contribution in [0.4, 0.5) is 0 Å². The maximum atomic E-state index is 11.7. The summed E-state index contributed by atoms with van der Waals surface area (Å²) in [6.45, 7) is 5.22. The molecule has 0 atom stereocenters. The van der Waals surface area contributed by atoms with Crippen LogP contribution in [-0.2, 0) is 4.79 Å². The number of rotatable bonds is 9. The summed E-state index contributed by atoms with van der Waals surface area (Å²) in [5.41, 5.74) is 0.786. The molecule has 0 saturated carbocycles. The number of benzene rings is 1. The summed E-state index contributed by atoms with van der Waals surface area (Å²) < 4.78 is 10.7. The zero-order valence-electron chi connectivity index (χ0n) is 13.4. The smallest absolute Gasteiger partial charge is 0.243 e. The monoisotopic (exact) mass is 325 g/mol. The highest BCUT2D eigenvalue weighted by Crippen LogP contribution is 2.36. The highest BCUT2D eigenvalue weighted by Gasteiger charge is 2.10. The Kier molecular flexibility index (Phi) is 8.44. The van der Waals surface area contributed by atoms with Gasteiger partial charge in [-0.15, -0.1) is 0 Å². The van der Waals surface area contributed by atoms with Crippen LogP contribution in [0.25, 0.3) is 6.08 Å². The van der Waals surface area contributed by atoms with Crippen molar-refractivity contribution in [3.05, 3.63) is 28.8 Å². The lowest BCUT2D eigenvalue weighted by molar-refractivity contribution is -0.116. The summed E-state index contributed by atoms with van der Waals surface area (Å²) in [6, 6.07) is 3.54. The molecule has 1 N–H and O–H groups in total. The van der Waals surface area contributed by atoms with Crippen molar-refractivity contribution in [1.29, 1.82) is 0 Å². The van der Waals surface area contributed by atoms with E-state index >= 15 is 0 Å². The standard InChI is InChI=1S/C17H24ClNO3/c1-4-6-7-10-19-16(20)9-8-13-11-14(18)17(22-5-2)15(12-13)21-3/h8-9,11-12H,4-7,10H2,1-3H3,(H,19,20)/b9-8+. The number of methoxy groups -OCH3 is 1. The van der Waals surface area contributed by atoms with Crippen molar-refractivity contribution in [2.75, 3.05) is 20.3 Å². The van der Waals surface area contributed by atoms with Crippen molar-refractivity contribution in [2.24, 2.45) is 0 Å². The number of carbonyl (C=O) groups is 1. The first kappa shape index (κ1) is 18.4. The van der Waals surface area contributed by atoms with E-state index in [1.165, 1.54) is 6.08 Å². The SMILES string of the molecule is CCCCCNC(=O)/C=C/c1cc(Cl)c(OCC)c(OC)c1. The lowest BCUT2D eigenvalue weighted by Crippen LogP contribution is -2.21. The molecule has 0 radical (unpaired) electrons. The third kappa shape index (κ3) is 5.98. The van der Waals surface area contributed by atoms with Gasteiger partial charge in [-0.2, -0.15) is 0 Å². The van der Waals surface area contributed by atoms with Gasteiger partial charge in [-0.1, -0.05) is 31.4 Å². The molecule has 0 aliphatic rings. The number of amides is 1. The molecular weight excluding hydrogens is 302 g/mol. The van der Waals surface area contributed by atoms with Gasteiger partial charge in [0.2, 0.25) is 5.91 Å². The fourth-order valence-corrected chi connectivity index (χ4v) is 2.21. The van der Waals surface area contributed by atoms with Crippen LogP contribution < -0.4 is 14.8 Å². The lowest BCUT2D eigenvalue weighted by Gasteiger charge is -2.11. The number of nitrogens with one attached hydrogen (secondary N) is 1. The molecule has 0 unspecified atom stereocenters. The number of carbonyl (C=O) groups excluding carboxylic acids is 1. The Balaban J connectivity index is 2.70. The Morgan fingerprint density at radius 3 is 2.73 bits per heavy atom. The van der Waals surface area contributed by atoms with Crippen LogP contribution in [0, 0.1) is 0 Å². The Morgan fingerprint density at radius 2 is 2.09 bits per heavy atom. The van der Waals surface area contributed by atoms with Gasteiger partial charge in [0.05, 0.1) is 18.7 Å². The van der Waals surface area contributed by atoms with E-state index in [2.05, 4.69) is 12.2 Å². The first-order valence-electron chi connectivity index (χ1n) is 7.58. The van der Waals surface area contributed by atoms with Gasteiger partial charge in [-0.3, -0.25) is 4.79 Å². The van der Waals surface area contributed by atoms with Crippen LogP contribution in [0.3, 0.4) is 0 Å².